The molecule has 1 aromatic heterocycles. The van der Waals surface area contributed by atoms with Crippen molar-refractivity contribution in [1.82, 2.24) is 19.4 Å². The van der Waals surface area contributed by atoms with Gasteiger partial charge in [-0.1, -0.05) is 48.5 Å². The number of imidazole rings is 1. The second-order valence-corrected chi connectivity index (χ2v) is 9.61. The number of carbonyl (C=O) groups excluding carboxylic acids is 1. The van der Waals surface area contributed by atoms with Crippen LogP contribution in [-0.4, -0.2) is 50.4 Å². The highest BCUT2D eigenvalue weighted by molar-refractivity contribution is 5.76. The average Bonchev–Trinajstić information content (AvgIpc) is 3.43. The maximum absolute atomic E-state index is 13.6. The first-order valence-electron chi connectivity index (χ1n) is 12.5. The second-order valence-electron chi connectivity index (χ2n) is 9.61. The van der Waals surface area contributed by atoms with E-state index in [9.17, 15) is 4.79 Å². The standard InChI is InChI=1S/C28H35N5O/c1-22-29-16-18-31(22)17-14-28(34)32-20-24-9-5-6-10-27(24)30-15-13-25-11-12-26(21-32)33(25)19-23-7-3-2-4-8-23/h2-10,16,18,25-26,30H,11-15,17,19-21H2,1H3/t25-,26+/m0/s1. The maximum Gasteiger partial charge on any atom is 0.224 e. The Morgan fingerprint density at radius 3 is 2.65 bits per heavy atom. The van der Waals surface area contributed by atoms with Crippen LogP contribution in [0.25, 0.3) is 0 Å². The van der Waals surface area contributed by atoms with Gasteiger partial charge in [0.25, 0.3) is 0 Å². The molecule has 2 aliphatic heterocycles. The highest BCUT2D eigenvalue weighted by atomic mass is 16.2. The third-order valence-electron chi connectivity index (χ3n) is 7.42. The number of aryl methyl sites for hydroxylation is 2. The molecule has 1 fully saturated rings. The molecule has 0 unspecified atom stereocenters. The Bertz CT molecular complexity index is 1090. The number of rotatable bonds is 5. The van der Waals surface area contributed by atoms with Crippen LogP contribution in [0.15, 0.2) is 67.0 Å². The molecule has 5 rings (SSSR count). The van der Waals surface area contributed by atoms with Gasteiger partial charge in [0.15, 0.2) is 0 Å². The van der Waals surface area contributed by atoms with E-state index >= 15 is 0 Å². The Morgan fingerprint density at radius 2 is 1.82 bits per heavy atom. The first kappa shape index (κ1) is 22.7. The molecule has 1 amide bonds. The molecule has 3 aromatic rings. The Hall–Kier alpha value is -3.12. The molecule has 0 saturated carbocycles. The average molecular weight is 458 g/mol. The van der Waals surface area contributed by atoms with Crippen molar-refractivity contribution in [2.75, 3.05) is 18.4 Å². The monoisotopic (exact) mass is 457 g/mol. The van der Waals surface area contributed by atoms with Gasteiger partial charge >= 0.3 is 0 Å². The number of nitrogens with one attached hydrogen (secondary N) is 1. The normalized spacial score (nSPS) is 20.9. The van der Waals surface area contributed by atoms with E-state index in [1.807, 2.05) is 13.1 Å². The highest BCUT2D eigenvalue weighted by Gasteiger charge is 2.35. The fourth-order valence-corrected chi connectivity index (χ4v) is 5.51. The van der Waals surface area contributed by atoms with Crippen LogP contribution in [0, 0.1) is 6.92 Å². The molecule has 2 aliphatic rings. The van der Waals surface area contributed by atoms with E-state index in [1.165, 1.54) is 17.5 Å². The van der Waals surface area contributed by atoms with Crippen molar-refractivity contribution in [3.63, 3.8) is 0 Å². The lowest BCUT2D eigenvalue weighted by Crippen LogP contribution is -2.45. The third kappa shape index (κ3) is 5.17. The SMILES string of the molecule is Cc1nccn1CCC(=O)N1Cc2ccccc2NCC[C@@H]2CC[C@H](C1)N2Cc1ccccc1. The summed E-state index contributed by atoms with van der Waals surface area (Å²) in [6.45, 7) is 5.97. The van der Waals surface area contributed by atoms with Crippen LogP contribution in [0.1, 0.15) is 42.6 Å². The molecule has 178 valence electrons. The zero-order valence-corrected chi connectivity index (χ0v) is 20.1. The Balaban J connectivity index is 1.39. The zero-order chi connectivity index (χ0) is 23.3. The fourth-order valence-electron chi connectivity index (χ4n) is 5.51. The number of hydrogen-bond acceptors (Lipinski definition) is 4. The molecule has 2 atom stereocenters. The predicted molar refractivity (Wildman–Crippen MR) is 135 cm³/mol. The molecule has 6 nitrogen and oxygen atoms in total. The Morgan fingerprint density at radius 1 is 1.03 bits per heavy atom. The predicted octanol–water partition coefficient (Wildman–Crippen LogP) is 4.46. The summed E-state index contributed by atoms with van der Waals surface area (Å²) in [5.74, 6) is 1.16. The first-order valence-corrected chi connectivity index (χ1v) is 12.5. The molecule has 0 spiro atoms. The minimum absolute atomic E-state index is 0.213. The van der Waals surface area contributed by atoms with Gasteiger partial charge in [-0.25, -0.2) is 4.98 Å². The molecule has 6 heteroatoms. The van der Waals surface area contributed by atoms with E-state index < -0.39 is 0 Å². The van der Waals surface area contributed by atoms with Crippen molar-refractivity contribution in [3.8, 4) is 0 Å². The number of benzene rings is 2. The van der Waals surface area contributed by atoms with Gasteiger partial charge in [-0.2, -0.15) is 0 Å². The quantitative estimate of drug-likeness (QED) is 0.615. The van der Waals surface area contributed by atoms with E-state index in [0.717, 1.165) is 44.0 Å². The van der Waals surface area contributed by atoms with Crippen molar-refractivity contribution in [3.05, 3.63) is 83.9 Å². The first-order chi connectivity index (χ1) is 16.7. The molecule has 0 radical (unpaired) electrons. The third-order valence-corrected chi connectivity index (χ3v) is 7.42. The molecular weight excluding hydrogens is 422 g/mol. The maximum atomic E-state index is 13.6. The fraction of sp³-hybridized carbons (Fsp3) is 0.429. The van der Waals surface area contributed by atoms with E-state index in [1.54, 1.807) is 6.20 Å². The van der Waals surface area contributed by atoms with Crippen molar-refractivity contribution in [1.29, 1.82) is 0 Å². The lowest BCUT2D eigenvalue weighted by molar-refractivity contribution is -0.133. The van der Waals surface area contributed by atoms with Crippen molar-refractivity contribution in [2.45, 2.75) is 64.3 Å². The summed E-state index contributed by atoms with van der Waals surface area (Å²) in [6.07, 6.45) is 7.70. The van der Waals surface area contributed by atoms with Crippen LogP contribution in [0.4, 0.5) is 5.69 Å². The summed E-state index contributed by atoms with van der Waals surface area (Å²) in [6, 6.07) is 20.1. The summed E-state index contributed by atoms with van der Waals surface area (Å²) in [7, 11) is 0. The number of anilines is 1. The Kier molecular flexibility index (Phi) is 6.95. The minimum Gasteiger partial charge on any atom is -0.385 e. The number of amides is 1. The lowest BCUT2D eigenvalue weighted by Gasteiger charge is -2.34. The summed E-state index contributed by atoms with van der Waals surface area (Å²) in [5, 5.41) is 3.67. The smallest absolute Gasteiger partial charge is 0.224 e. The van der Waals surface area contributed by atoms with Crippen LogP contribution < -0.4 is 5.32 Å². The number of hydrogen-bond donors (Lipinski definition) is 1. The van der Waals surface area contributed by atoms with Crippen molar-refractivity contribution >= 4 is 11.6 Å². The van der Waals surface area contributed by atoms with Crippen LogP contribution >= 0.6 is 0 Å². The summed E-state index contributed by atoms with van der Waals surface area (Å²) >= 11 is 0. The molecule has 2 aromatic carbocycles. The molecule has 1 saturated heterocycles. The van der Waals surface area contributed by atoms with Crippen LogP contribution in [0.5, 0.6) is 0 Å². The Labute approximate surface area is 202 Å². The summed E-state index contributed by atoms with van der Waals surface area (Å²) in [4.78, 5) is 22.6. The number of fused-ring (bicyclic) bond motifs is 3. The summed E-state index contributed by atoms with van der Waals surface area (Å²) in [5.41, 5.74) is 3.69. The number of carbonyl (C=O) groups is 1. The molecule has 3 heterocycles. The van der Waals surface area contributed by atoms with Gasteiger partial charge in [-0.3, -0.25) is 9.69 Å². The van der Waals surface area contributed by atoms with E-state index in [2.05, 4.69) is 79.3 Å². The molecular formula is C28H35N5O. The summed E-state index contributed by atoms with van der Waals surface area (Å²) < 4.78 is 2.06. The van der Waals surface area contributed by atoms with Crippen LogP contribution in [-0.2, 0) is 24.4 Å². The van der Waals surface area contributed by atoms with Crippen LogP contribution in [0.2, 0.25) is 0 Å². The largest absolute Gasteiger partial charge is 0.385 e. The molecule has 1 N–H and O–H groups in total. The van der Waals surface area contributed by atoms with E-state index in [0.29, 0.717) is 31.6 Å². The van der Waals surface area contributed by atoms with Crippen molar-refractivity contribution in [2.24, 2.45) is 0 Å². The lowest BCUT2D eigenvalue weighted by atomic mass is 10.1. The van der Waals surface area contributed by atoms with Gasteiger partial charge in [0.2, 0.25) is 5.91 Å². The van der Waals surface area contributed by atoms with Crippen molar-refractivity contribution < 1.29 is 4.79 Å². The highest BCUT2D eigenvalue weighted by Crippen LogP contribution is 2.31. The number of para-hydroxylation sites is 1. The van der Waals surface area contributed by atoms with Gasteiger partial charge in [0.05, 0.1) is 0 Å². The van der Waals surface area contributed by atoms with Gasteiger partial charge in [-0.15, -0.1) is 0 Å². The van der Waals surface area contributed by atoms with E-state index in [4.69, 9.17) is 0 Å². The molecule has 34 heavy (non-hydrogen) atoms. The second kappa shape index (κ2) is 10.4. The minimum atomic E-state index is 0.213. The topological polar surface area (TPSA) is 53.4 Å². The number of nitrogens with zero attached hydrogens (tertiary/aromatic N) is 4. The van der Waals surface area contributed by atoms with E-state index in [-0.39, 0.29) is 5.91 Å². The number of aromatic nitrogens is 2. The zero-order valence-electron chi connectivity index (χ0n) is 20.1. The van der Waals surface area contributed by atoms with Gasteiger partial charge in [0, 0.05) is 69.3 Å². The van der Waals surface area contributed by atoms with Crippen LogP contribution in [0.3, 0.4) is 0 Å². The molecule has 2 bridgehead atoms. The van der Waals surface area contributed by atoms with Gasteiger partial charge in [-0.05, 0) is 43.4 Å². The molecule has 0 aliphatic carbocycles. The van der Waals surface area contributed by atoms with Gasteiger partial charge in [0.1, 0.15) is 5.82 Å². The van der Waals surface area contributed by atoms with Gasteiger partial charge < -0.3 is 14.8 Å².